The Morgan fingerprint density at radius 1 is 0.880 bits per heavy atom. The molecule has 2 heterocycles. The highest BCUT2D eigenvalue weighted by Crippen LogP contribution is 2.35. The summed E-state index contributed by atoms with van der Waals surface area (Å²) in [5.41, 5.74) is 2.60. The number of likely N-dealkylation sites (tertiary alicyclic amines) is 1. The van der Waals surface area contributed by atoms with Crippen molar-refractivity contribution in [1.29, 1.82) is 0 Å². The van der Waals surface area contributed by atoms with Crippen LogP contribution in [0.3, 0.4) is 0 Å². The summed E-state index contributed by atoms with van der Waals surface area (Å²) in [6.45, 7) is 3.55. The van der Waals surface area contributed by atoms with Crippen molar-refractivity contribution in [3.8, 4) is 0 Å². The number of hydrogen-bond donors (Lipinski definition) is 0. The SMILES string of the molecule is O=C(C1CN(C(c2ccccc2)c2ccccc2)C1)N1CCSCC1. The third kappa shape index (κ3) is 3.60. The molecule has 0 aliphatic carbocycles. The molecule has 0 unspecified atom stereocenters. The first-order valence-corrected chi connectivity index (χ1v) is 10.2. The number of amides is 1. The molecule has 4 rings (SSSR count). The molecule has 0 atom stereocenters. The quantitative estimate of drug-likeness (QED) is 0.844. The number of rotatable bonds is 4. The number of carbonyl (C=O) groups is 1. The van der Waals surface area contributed by atoms with Crippen molar-refractivity contribution in [3.05, 3.63) is 71.8 Å². The van der Waals surface area contributed by atoms with E-state index in [2.05, 4.69) is 70.5 Å². The van der Waals surface area contributed by atoms with E-state index in [1.54, 1.807) is 0 Å². The van der Waals surface area contributed by atoms with Gasteiger partial charge in [0.2, 0.25) is 5.91 Å². The van der Waals surface area contributed by atoms with Crippen LogP contribution in [0.25, 0.3) is 0 Å². The maximum atomic E-state index is 12.7. The van der Waals surface area contributed by atoms with Gasteiger partial charge in [0.25, 0.3) is 0 Å². The summed E-state index contributed by atoms with van der Waals surface area (Å²) in [4.78, 5) is 17.2. The second kappa shape index (κ2) is 7.63. The molecule has 0 aromatic heterocycles. The third-order valence-electron chi connectivity index (χ3n) is 5.18. The second-order valence-electron chi connectivity index (χ2n) is 6.81. The fraction of sp³-hybridized carbons (Fsp3) is 0.381. The highest BCUT2D eigenvalue weighted by Gasteiger charge is 2.39. The topological polar surface area (TPSA) is 23.6 Å². The zero-order valence-corrected chi connectivity index (χ0v) is 15.2. The van der Waals surface area contributed by atoms with Crippen LogP contribution in [0, 0.1) is 5.92 Å². The van der Waals surface area contributed by atoms with Gasteiger partial charge in [-0.1, -0.05) is 60.7 Å². The number of benzene rings is 2. The van der Waals surface area contributed by atoms with Crippen LogP contribution in [-0.4, -0.2) is 53.4 Å². The molecule has 25 heavy (non-hydrogen) atoms. The van der Waals surface area contributed by atoms with Crippen molar-refractivity contribution in [1.82, 2.24) is 9.80 Å². The van der Waals surface area contributed by atoms with Gasteiger partial charge in [0.15, 0.2) is 0 Å². The van der Waals surface area contributed by atoms with Gasteiger partial charge in [-0.25, -0.2) is 0 Å². The molecule has 2 aliphatic heterocycles. The number of thioether (sulfide) groups is 1. The molecule has 0 saturated carbocycles. The van der Waals surface area contributed by atoms with E-state index in [9.17, 15) is 4.79 Å². The molecule has 1 amide bonds. The van der Waals surface area contributed by atoms with Crippen molar-refractivity contribution in [3.63, 3.8) is 0 Å². The Kier molecular flexibility index (Phi) is 5.09. The fourth-order valence-corrected chi connectivity index (χ4v) is 4.71. The van der Waals surface area contributed by atoms with Gasteiger partial charge in [-0.15, -0.1) is 0 Å². The summed E-state index contributed by atoms with van der Waals surface area (Å²) >= 11 is 1.95. The Labute approximate surface area is 154 Å². The molecule has 0 bridgehead atoms. The van der Waals surface area contributed by atoms with E-state index < -0.39 is 0 Å². The predicted octanol–water partition coefficient (Wildman–Crippen LogP) is 3.28. The average molecular weight is 353 g/mol. The maximum absolute atomic E-state index is 12.7. The van der Waals surface area contributed by atoms with Crippen LogP contribution in [0.15, 0.2) is 60.7 Å². The first-order chi connectivity index (χ1) is 12.3. The molecule has 2 fully saturated rings. The van der Waals surface area contributed by atoms with Gasteiger partial charge >= 0.3 is 0 Å². The Morgan fingerprint density at radius 3 is 1.92 bits per heavy atom. The van der Waals surface area contributed by atoms with E-state index in [1.807, 2.05) is 11.8 Å². The van der Waals surface area contributed by atoms with E-state index >= 15 is 0 Å². The van der Waals surface area contributed by atoms with Gasteiger partial charge in [-0.05, 0) is 11.1 Å². The number of hydrogen-bond acceptors (Lipinski definition) is 3. The van der Waals surface area contributed by atoms with Crippen LogP contribution in [0.1, 0.15) is 17.2 Å². The Balaban J connectivity index is 1.48. The van der Waals surface area contributed by atoms with Crippen molar-refractivity contribution < 1.29 is 4.79 Å². The molecular weight excluding hydrogens is 328 g/mol. The van der Waals surface area contributed by atoms with Crippen LogP contribution < -0.4 is 0 Å². The Hall–Kier alpha value is -1.78. The second-order valence-corrected chi connectivity index (χ2v) is 8.04. The summed E-state index contributed by atoms with van der Waals surface area (Å²) in [5, 5.41) is 0. The largest absolute Gasteiger partial charge is 0.341 e. The van der Waals surface area contributed by atoms with E-state index in [-0.39, 0.29) is 12.0 Å². The highest BCUT2D eigenvalue weighted by molar-refractivity contribution is 7.99. The van der Waals surface area contributed by atoms with Crippen LogP contribution >= 0.6 is 11.8 Å². The third-order valence-corrected chi connectivity index (χ3v) is 6.12. The fourth-order valence-electron chi connectivity index (χ4n) is 3.81. The molecule has 130 valence electrons. The monoisotopic (exact) mass is 352 g/mol. The van der Waals surface area contributed by atoms with Crippen LogP contribution in [-0.2, 0) is 4.79 Å². The first kappa shape index (κ1) is 16.7. The lowest BCUT2D eigenvalue weighted by atomic mass is 9.89. The lowest BCUT2D eigenvalue weighted by Gasteiger charge is -2.45. The van der Waals surface area contributed by atoms with Gasteiger partial charge in [-0.2, -0.15) is 11.8 Å². The highest BCUT2D eigenvalue weighted by atomic mass is 32.2. The molecule has 0 spiro atoms. The first-order valence-electron chi connectivity index (χ1n) is 9.03. The molecular formula is C21H24N2OS. The lowest BCUT2D eigenvalue weighted by Crippen LogP contribution is -2.56. The standard InChI is InChI=1S/C21H24N2OS/c24-21(22-11-13-25-14-12-22)19-15-23(16-19)20(17-7-3-1-4-8-17)18-9-5-2-6-10-18/h1-10,19-20H,11-16H2. The predicted molar refractivity (Wildman–Crippen MR) is 104 cm³/mol. The van der Waals surface area contributed by atoms with E-state index in [0.717, 1.165) is 37.7 Å². The smallest absolute Gasteiger partial charge is 0.228 e. The zero-order valence-electron chi connectivity index (χ0n) is 14.4. The average Bonchev–Trinajstić information content (AvgIpc) is 2.66. The van der Waals surface area contributed by atoms with Crippen LogP contribution in [0.5, 0.6) is 0 Å². The molecule has 2 aromatic rings. The van der Waals surface area contributed by atoms with Crippen LogP contribution in [0.2, 0.25) is 0 Å². The lowest BCUT2D eigenvalue weighted by molar-refractivity contribution is -0.141. The van der Waals surface area contributed by atoms with Gasteiger partial charge in [0, 0.05) is 37.7 Å². The van der Waals surface area contributed by atoms with Crippen molar-refractivity contribution in [2.24, 2.45) is 5.92 Å². The van der Waals surface area contributed by atoms with Crippen LogP contribution in [0.4, 0.5) is 0 Å². The van der Waals surface area contributed by atoms with Crippen molar-refractivity contribution in [2.75, 3.05) is 37.7 Å². The van der Waals surface area contributed by atoms with E-state index in [4.69, 9.17) is 0 Å². The normalized spacial score (nSPS) is 19.0. The Bertz CT molecular complexity index is 655. The van der Waals surface area contributed by atoms with Gasteiger partial charge in [0.1, 0.15) is 0 Å². The van der Waals surface area contributed by atoms with E-state index in [1.165, 1.54) is 11.1 Å². The molecule has 2 saturated heterocycles. The summed E-state index contributed by atoms with van der Waals surface area (Å²) in [7, 11) is 0. The molecule has 0 N–H and O–H groups in total. The minimum Gasteiger partial charge on any atom is -0.341 e. The maximum Gasteiger partial charge on any atom is 0.228 e. The van der Waals surface area contributed by atoms with Gasteiger partial charge in [-0.3, -0.25) is 9.69 Å². The summed E-state index contributed by atoms with van der Waals surface area (Å²) < 4.78 is 0. The minimum absolute atomic E-state index is 0.165. The molecule has 4 heteroatoms. The van der Waals surface area contributed by atoms with E-state index in [0.29, 0.717) is 5.91 Å². The molecule has 2 aromatic carbocycles. The number of carbonyl (C=O) groups excluding carboxylic acids is 1. The van der Waals surface area contributed by atoms with Crippen molar-refractivity contribution in [2.45, 2.75) is 6.04 Å². The molecule has 2 aliphatic rings. The summed E-state index contributed by atoms with van der Waals surface area (Å²) in [6, 6.07) is 21.5. The molecule has 0 radical (unpaired) electrons. The summed E-state index contributed by atoms with van der Waals surface area (Å²) in [6.07, 6.45) is 0. The Morgan fingerprint density at radius 2 is 1.40 bits per heavy atom. The summed E-state index contributed by atoms with van der Waals surface area (Å²) in [5.74, 6) is 2.69. The minimum atomic E-state index is 0.165. The van der Waals surface area contributed by atoms with Gasteiger partial charge in [0.05, 0.1) is 12.0 Å². The van der Waals surface area contributed by atoms with Crippen molar-refractivity contribution >= 4 is 17.7 Å². The zero-order chi connectivity index (χ0) is 17.1. The molecule has 3 nitrogen and oxygen atoms in total. The number of nitrogens with zero attached hydrogens (tertiary/aromatic N) is 2. The van der Waals surface area contributed by atoms with Gasteiger partial charge < -0.3 is 4.90 Å².